The van der Waals surface area contributed by atoms with Gasteiger partial charge >= 0.3 is 11.9 Å². The number of quaternary nitrogens is 1. The third-order valence-corrected chi connectivity index (χ3v) is 19.8. The molecule has 88 heavy (non-hydrogen) atoms. The molecule has 0 atom stereocenters. The van der Waals surface area contributed by atoms with Crippen molar-refractivity contribution >= 4 is 102 Å². The van der Waals surface area contributed by atoms with Crippen LogP contribution in [0.5, 0.6) is 0 Å². The number of halogens is 2. The van der Waals surface area contributed by atoms with Gasteiger partial charge in [-0.2, -0.15) is 0 Å². The number of benzene rings is 2. The van der Waals surface area contributed by atoms with E-state index in [4.69, 9.17) is 19.5 Å². The molecule has 0 bridgehead atoms. The van der Waals surface area contributed by atoms with Crippen molar-refractivity contribution in [2.24, 2.45) is 9.98 Å². The zero-order valence-corrected chi connectivity index (χ0v) is 61.3. The second-order valence-electron chi connectivity index (χ2n) is 25.4. The summed E-state index contributed by atoms with van der Waals surface area (Å²) < 4.78 is 11.9. The number of carbonyl (C=O) groups is 2. The second kappa shape index (κ2) is 44.3. The van der Waals surface area contributed by atoms with E-state index in [1.807, 2.05) is 6.07 Å². The molecule has 2 N–H and O–H groups in total. The molecule has 16 heteroatoms. The number of nitrogens with one attached hydrogen (secondary N) is 2. The minimum absolute atomic E-state index is 0. The van der Waals surface area contributed by atoms with Gasteiger partial charge in [-0.3, -0.25) is 14.1 Å². The van der Waals surface area contributed by atoms with Crippen molar-refractivity contribution in [3.05, 3.63) is 81.5 Å². The molecule has 8 rings (SSSR count). The first-order valence-corrected chi connectivity index (χ1v) is 37.6. The Morgan fingerprint density at radius 3 is 1.23 bits per heavy atom. The van der Waals surface area contributed by atoms with E-state index in [1.54, 1.807) is 22.7 Å². The molecule has 12 nitrogen and oxygen atoms in total. The van der Waals surface area contributed by atoms with Gasteiger partial charge in [0.15, 0.2) is 0 Å². The molecule has 0 radical (unpaired) electrons. The lowest BCUT2D eigenvalue weighted by Gasteiger charge is -2.42. The predicted octanol–water partition coefficient (Wildman–Crippen LogP) is 17.3. The highest BCUT2D eigenvalue weighted by Crippen LogP contribution is 2.41. The van der Waals surface area contributed by atoms with Gasteiger partial charge in [-0.25, -0.2) is 9.98 Å². The van der Waals surface area contributed by atoms with Gasteiger partial charge in [0, 0.05) is 48.8 Å². The number of ether oxygens (including phenoxy) is 2. The molecule has 0 amide bonds. The number of alkyl halides is 1. The van der Waals surface area contributed by atoms with Gasteiger partial charge in [-0.05, 0) is 92.7 Å². The number of fused-ring (bicyclic) bond motifs is 4. The van der Waals surface area contributed by atoms with Crippen LogP contribution in [0.1, 0.15) is 240 Å². The number of para-hydroxylation sites is 4. The van der Waals surface area contributed by atoms with Crippen molar-refractivity contribution < 1.29 is 47.5 Å². The maximum atomic E-state index is 12.5. The summed E-state index contributed by atoms with van der Waals surface area (Å²) in [7, 11) is 4.40. The molecule has 2 aromatic carbocycles. The highest BCUT2D eigenvalue weighted by atomic mass is 127. The average Bonchev–Trinajstić information content (AvgIpc) is 3.86. The fraction of sp³-hybridized carbons (Fsp3) is 0.667. The molecule has 0 unspecified atom stereocenters. The van der Waals surface area contributed by atoms with E-state index in [-0.39, 0.29) is 35.9 Å². The van der Waals surface area contributed by atoms with Gasteiger partial charge in [-0.15, -0.1) is 22.7 Å². The third kappa shape index (κ3) is 28.3. The van der Waals surface area contributed by atoms with Crippen molar-refractivity contribution in [1.29, 1.82) is 0 Å². The SMILES string of the molecule is CCCCCCCCCCCCCCCCCC(=O)OCI.CCCCCCCCCCCCCCCCCC(=O)OC[N+]1(C)CCN(C2=Nc3ccccc3Nc3sc(C)cc32)CC1.Cc1cc2c(s1)Nc1ccccc1N=C2N1CCN(C)CC1.[I-]. The van der Waals surface area contributed by atoms with Crippen LogP contribution in [-0.2, 0) is 19.1 Å². The van der Waals surface area contributed by atoms with Crippen molar-refractivity contribution in [1.82, 2.24) is 14.7 Å². The Labute approximate surface area is 572 Å². The number of unbranched alkanes of at least 4 members (excludes halogenated alkanes) is 28. The van der Waals surface area contributed by atoms with E-state index in [2.05, 4.69) is 144 Å². The number of aryl methyl sites for hydroxylation is 2. The van der Waals surface area contributed by atoms with Crippen molar-refractivity contribution in [2.45, 2.75) is 233 Å². The normalized spacial score (nSPS) is 14.9. The number of aliphatic imine (C=N–C) groups is 2. The van der Waals surface area contributed by atoms with Gasteiger partial charge in [-0.1, -0.05) is 218 Å². The number of hydrogen-bond acceptors (Lipinski definition) is 13. The predicted molar refractivity (Wildman–Crippen MR) is 382 cm³/mol. The molecule has 4 aliphatic heterocycles. The number of piperazine rings is 2. The zero-order valence-electron chi connectivity index (χ0n) is 55.4. The first-order valence-electron chi connectivity index (χ1n) is 34.5. The van der Waals surface area contributed by atoms with Crippen LogP contribution in [0.3, 0.4) is 0 Å². The van der Waals surface area contributed by atoms with Crippen molar-refractivity contribution in [2.75, 3.05) is 88.4 Å². The lowest BCUT2D eigenvalue weighted by molar-refractivity contribution is -0.929. The Morgan fingerprint density at radius 2 is 0.852 bits per heavy atom. The van der Waals surface area contributed by atoms with Gasteiger partial charge in [0.25, 0.3) is 0 Å². The van der Waals surface area contributed by atoms with E-state index in [1.165, 1.54) is 199 Å². The number of carbonyl (C=O) groups excluding carboxylic acids is 2. The van der Waals surface area contributed by atoms with Crippen LogP contribution in [-0.4, -0.2) is 121 Å². The molecular formula is C72H114I2N8O4S2. The van der Waals surface area contributed by atoms with Gasteiger partial charge in [0.05, 0.1) is 67.1 Å². The number of thiophene rings is 2. The highest BCUT2D eigenvalue weighted by molar-refractivity contribution is 14.1. The Bertz CT molecular complexity index is 2630. The van der Waals surface area contributed by atoms with E-state index >= 15 is 0 Å². The smallest absolute Gasteiger partial charge is 0.310 e. The van der Waals surface area contributed by atoms with E-state index in [0.717, 1.165) is 116 Å². The van der Waals surface area contributed by atoms with Crippen LogP contribution < -0.4 is 34.6 Å². The fourth-order valence-electron chi connectivity index (χ4n) is 12.0. The number of likely N-dealkylation sites (N-methyl/N-ethyl adjacent to an activating group) is 2. The Balaban J connectivity index is 0.000000264. The van der Waals surface area contributed by atoms with Gasteiger partial charge in [0.2, 0.25) is 6.73 Å². The second-order valence-corrected chi connectivity index (χ2v) is 28.5. The number of amidine groups is 2. The summed E-state index contributed by atoms with van der Waals surface area (Å²) in [5.41, 5.74) is 6.58. The van der Waals surface area contributed by atoms with E-state index in [0.29, 0.717) is 24.2 Å². The molecule has 4 aromatic rings. The zero-order chi connectivity index (χ0) is 61.7. The molecular weight excluding hydrogens is 1360 g/mol. The van der Waals surface area contributed by atoms with Crippen LogP contribution >= 0.6 is 45.3 Å². The molecule has 492 valence electrons. The van der Waals surface area contributed by atoms with Crippen molar-refractivity contribution in [3.63, 3.8) is 0 Å². The summed E-state index contributed by atoms with van der Waals surface area (Å²) in [6.07, 6.45) is 41.5. The molecule has 0 spiro atoms. The number of nitrogens with zero attached hydrogens (tertiary/aromatic N) is 6. The summed E-state index contributed by atoms with van der Waals surface area (Å²) in [5, 5.41) is 9.55. The largest absolute Gasteiger partial charge is 1.00 e. The third-order valence-electron chi connectivity index (χ3n) is 17.6. The molecule has 0 aliphatic carbocycles. The highest BCUT2D eigenvalue weighted by Gasteiger charge is 2.34. The maximum absolute atomic E-state index is 12.5. The number of rotatable bonds is 35. The Kier molecular flexibility index (Phi) is 38.0. The number of hydrogen-bond donors (Lipinski definition) is 2. The first kappa shape index (κ1) is 75.4. The average molecular weight is 1470 g/mol. The Morgan fingerprint density at radius 1 is 0.511 bits per heavy atom. The molecule has 4 aliphatic rings. The summed E-state index contributed by atoms with van der Waals surface area (Å²) in [6.45, 7) is 17.2. The topological polar surface area (TPSA) is 111 Å². The quantitative estimate of drug-likeness (QED) is 0.0153. The summed E-state index contributed by atoms with van der Waals surface area (Å²) in [5.74, 6) is 2.09. The molecule has 2 fully saturated rings. The van der Waals surface area contributed by atoms with E-state index < -0.39 is 0 Å². The Hall–Kier alpha value is -3.30. The van der Waals surface area contributed by atoms with Gasteiger partial charge in [0.1, 0.15) is 26.3 Å². The van der Waals surface area contributed by atoms with E-state index in [9.17, 15) is 9.59 Å². The van der Waals surface area contributed by atoms with Gasteiger partial charge < -0.3 is 58.8 Å². The maximum Gasteiger partial charge on any atom is 0.310 e. The minimum Gasteiger partial charge on any atom is -1.00 e. The van der Waals surface area contributed by atoms with Crippen LogP contribution in [0, 0.1) is 13.8 Å². The van der Waals surface area contributed by atoms with Crippen molar-refractivity contribution in [3.8, 4) is 0 Å². The van der Waals surface area contributed by atoms with Crippen LogP contribution in [0.2, 0.25) is 0 Å². The molecule has 0 saturated carbocycles. The molecule has 2 saturated heterocycles. The minimum atomic E-state index is -0.0379. The first-order chi connectivity index (χ1) is 42.5. The standard InChI is InChI=1S/C36H57N4O2S.C19H37IO2.C17H20N4S.HI/c1-4-5-6-7-8-9-10-11-12-13-14-15-16-17-18-23-34(41)42-29-40(3)26-24-39(25-27-40)35-31-28-30(2)43-36(31)38-33-22-20-19-21-32(33)37-35;1-2-3-4-5-6-7-8-9-10-11-12-13-14-15-16-17-19(21)22-18-20;1-12-11-13-16(21-9-7-20(2)8-10-21)18-14-5-3-4-6-15(14)19-17(13)22-12;/h19-22,28,38H,4-18,23-27,29H2,1-3H3;2-18H2,1H3;3-6,11,19H,7-10H2,1-2H3;1H/q+1;;;/p-1. The van der Waals surface area contributed by atoms with Crippen LogP contribution in [0.15, 0.2) is 70.6 Å². The molecule has 6 heterocycles. The summed E-state index contributed by atoms with van der Waals surface area (Å²) >= 11 is 5.65. The molecule has 2 aromatic heterocycles. The number of esters is 2. The lowest BCUT2D eigenvalue weighted by Crippen LogP contribution is -3.00. The number of anilines is 4. The fourth-order valence-corrected chi connectivity index (χ4v) is 14.2. The summed E-state index contributed by atoms with van der Waals surface area (Å²) in [6, 6.07) is 21.1. The lowest BCUT2D eigenvalue weighted by atomic mass is 10.0. The monoisotopic (exact) mass is 1470 g/mol. The van der Waals surface area contributed by atoms with Crippen LogP contribution in [0.4, 0.5) is 32.8 Å². The van der Waals surface area contributed by atoms with Crippen LogP contribution in [0.25, 0.3) is 0 Å². The summed E-state index contributed by atoms with van der Waals surface area (Å²) in [4.78, 5) is 43.6.